The lowest BCUT2D eigenvalue weighted by Gasteiger charge is -2.41. The SMILES string of the molecule is CCN(CC)c1ccc(C2(Cl)c3ccccc3N(C)c3ccccc32)cc1. The summed E-state index contributed by atoms with van der Waals surface area (Å²) in [5.41, 5.74) is 6.90. The largest absolute Gasteiger partial charge is 0.372 e. The first-order chi connectivity index (χ1) is 13.1. The van der Waals surface area contributed by atoms with Crippen molar-refractivity contribution in [2.45, 2.75) is 18.7 Å². The van der Waals surface area contributed by atoms with Crippen LogP contribution in [0.5, 0.6) is 0 Å². The number of benzene rings is 3. The maximum Gasteiger partial charge on any atom is 0.123 e. The molecule has 3 heteroatoms. The highest BCUT2D eigenvalue weighted by molar-refractivity contribution is 6.29. The molecule has 1 aliphatic rings. The van der Waals surface area contributed by atoms with E-state index in [0.717, 1.165) is 41.2 Å². The van der Waals surface area contributed by atoms with Crippen LogP contribution in [0.4, 0.5) is 17.1 Å². The topological polar surface area (TPSA) is 6.48 Å². The number of halogens is 1. The third kappa shape index (κ3) is 2.71. The number of alkyl halides is 1. The molecule has 0 spiro atoms. The summed E-state index contributed by atoms with van der Waals surface area (Å²) in [4.78, 5) is 3.89. The van der Waals surface area contributed by atoms with E-state index in [9.17, 15) is 0 Å². The van der Waals surface area contributed by atoms with Crippen molar-refractivity contribution in [2.75, 3.05) is 29.9 Å². The van der Waals surface area contributed by atoms with E-state index < -0.39 is 4.87 Å². The van der Waals surface area contributed by atoms with Crippen LogP contribution in [0.15, 0.2) is 72.8 Å². The van der Waals surface area contributed by atoms with Crippen LogP contribution in [0.2, 0.25) is 0 Å². The summed E-state index contributed by atoms with van der Waals surface area (Å²) in [5.74, 6) is 0. The van der Waals surface area contributed by atoms with E-state index in [0.29, 0.717) is 0 Å². The predicted octanol–water partition coefficient (Wildman–Crippen LogP) is 6.14. The Morgan fingerprint density at radius 3 is 1.74 bits per heavy atom. The van der Waals surface area contributed by atoms with E-state index in [2.05, 4.69) is 103 Å². The number of hydrogen-bond acceptors (Lipinski definition) is 2. The van der Waals surface area contributed by atoms with Gasteiger partial charge in [-0.2, -0.15) is 0 Å². The van der Waals surface area contributed by atoms with Gasteiger partial charge < -0.3 is 9.80 Å². The van der Waals surface area contributed by atoms with Gasteiger partial charge in [0.1, 0.15) is 4.87 Å². The second kappa shape index (κ2) is 6.94. The number of hydrogen-bond donors (Lipinski definition) is 0. The zero-order valence-electron chi connectivity index (χ0n) is 16.1. The molecule has 0 N–H and O–H groups in total. The van der Waals surface area contributed by atoms with Crippen molar-refractivity contribution >= 4 is 28.7 Å². The molecule has 1 heterocycles. The first-order valence-corrected chi connectivity index (χ1v) is 9.96. The minimum absolute atomic E-state index is 0.693. The molecule has 0 aromatic heterocycles. The second-order valence-electron chi connectivity index (χ2n) is 6.97. The van der Waals surface area contributed by atoms with Gasteiger partial charge >= 0.3 is 0 Å². The van der Waals surface area contributed by atoms with E-state index in [4.69, 9.17) is 11.6 Å². The molecule has 138 valence electrons. The van der Waals surface area contributed by atoms with Crippen LogP contribution in [-0.2, 0) is 4.87 Å². The zero-order chi connectivity index (χ0) is 19.0. The molecule has 27 heavy (non-hydrogen) atoms. The average Bonchev–Trinajstić information content (AvgIpc) is 2.73. The Kier molecular flexibility index (Phi) is 4.61. The van der Waals surface area contributed by atoms with E-state index in [-0.39, 0.29) is 0 Å². The van der Waals surface area contributed by atoms with Crippen molar-refractivity contribution in [3.05, 3.63) is 89.5 Å². The average molecular weight is 377 g/mol. The van der Waals surface area contributed by atoms with Crippen molar-refractivity contribution in [1.29, 1.82) is 0 Å². The lowest BCUT2D eigenvalue weighted by molar-refractivity contribution is 0.839. The van der Waals surface area contributed by atoms with Crippen LogP contribution in [0.25, 0.3) is 0 Å². The van der Waals surface area contributed by atoms with Gasteiger partial charge in [-0.05, 0) is 43.7 Å². The Morgan fingerprint density at radius 1 is 0.778 bits per heavy atom. The van der Waals surface area contributed by atoms with Gasteiger partial charge in [-0.15, -0.1) is 11.6 Å². The molecule has 0 atom stereocenters. The Morgan fingerprint density at radius 2 is 1.26 bits per heavy atom. The van der Waals surface area contributed by atoms with Crippen LogP contribution in [0.3, 0.4) is 0 Å². The Balaban J connectivity index is 1.91. The highest BCUT2D eigenvalue weighted by atomic mass is 35.5. The van der Waals surface area contributed by atoms with E-state index in [1.54, 1.807) is 0 Å². The number of para-hydroxylation sites is 2. The fourth-order valence-electron chi connectivity index (χ4n) is 4.19. The third-order valence-electron chi connectivity index (χ3n) is 5.67. The standard InChI is InChI=1S/C24H25ClN2/c1-4-27(5-2)19-16-14-18(15-17-19)24(25)20-10-6-8-12-22(20)26(3)23-13-9-7-11-21(23)24/h6-17H,4-5H2,1-3H3. The molecule has 0 fully saturated rings. The van der Waals surface area contributed by atoms with Crippen molar-refractivity contribution in [3.8, 4) is 0 Å². The number of fused-ring (bicyclic) bond motifs is 2. The molecule has 4 rings (SSSR count). The van der Waals surface area contributed by atoms with E-state index >= 15 is 0 Å². The molecule has 0 aliphatic carbocycles. The highest BCUT2D eigenvalue weighted by Gasteiger charge is 2.42. The van der Waals surface area contributed by atoms with Crippen molar-refractivity contribution < 1.29 is 0 Å². The second-order valence-corrected chi connectivity index (χ2v) is 7.54. The van der Waals surface area contributed by atoms with Crippen LogP contribution in [0.1, 0.15) is 30.5 Å². The number of nitrogens with zero attached hydrogens (tertiary/aromatic N) is 2. The van der Waals surface area contributed by atoms with E-state index in [1.165, 1.54) is 5.69 Å². The fourth-order valence-corrected chi connectivity index (χ4v) is 4.64. The number of rotatable bonds is 4. The molecule has 0 radical (unpaired) electrons. The summed E-state index contributed by atoms with van der Waals surface area (Å²) in [5, 5.41) is 0. The Bertz CT molecular complexity index is 897. The van der Waals surface area contributed by atoms with Gasteiger partial charge in [0.2, 0.25) is 0 Å². The molecule has 1 aliphatic heterocycles. The quantitative estimate of drug-likeness (QED) is 0.504. The molecule has 2 nitrogen and oxygen atoms in total. The van der Waals surface area contributed by atoms with Gasteiger partial charge in [0.25, 0.3) is 0 Å². The summed E-state index contributed by atoms with van der Waals surface area (Å²) in [6, 6.07) is 25.6. The monoisotopic (exact) mass is 376 g/mol. The van der Waals surface area contributed by atoms with Gasteiger partial charge in [-0.3, -0.25) is 0 Å². The summed E-state index contributed by atoms with van der Waals surface area (Å²) < 4.78 is 0. The van der Waals surface area contributed by atoms with Gasteiger partial charge in [0, 0.05) is 48.3 Å². The van der Waals surface area contributed by atoms with Crippen molar-refractivity contribution in [3.63, 3.8) is 0 Å². The summed E-state index contributed by atoms with van der Waals surface area (Å²) in [7, 11) is 2.11. The zero-order valence-corrected chi connectivity index (χ0v) is 16.9. The summed E-state index contributed by atoms with van der Waals surface area (Å²) in [6.45, 7) is 6.37. The van der Waals surface area contributed by atoms with E-state index in [1.807, 2.05) is 0 Å². The molecule has 0 saturated carbocycles. The molecule has 0 saturated heterocycles. The molecule has 0 bridgehead atoms. The lowest BCUT2D eigenvalue weighted by atomic mass is 9.79. The smallest absolute Gasteiger partial charge is 0.123 e. The van der Waals surface area contributed by atoms with Crippen molar-refractivity contribution in [2.24, 2.45) is 0 Å². The normalized spacial score (nSPS) is 14.4. The maximum atomic E-state index is 7.49. The van der Waals surface area contributed by atoms with Crippen molar-refractivity contribution in [1.82, 2.24) is 0 Å². The Labute approximate surface area is 167 Å². The molecule has 3 aromatic rings. The predicted molar refractivity (Wildman–Crippen MR) is 117 cm³/mol. The molecule has 0 unspecified atom stereocenters. The van der Waals surface area contributed by atoms with Gasteiger partial charge in [-0.1, -0.05) is 48.5 Å². The van der Waals surface area contributed by atoms with Crippen LogP contribution >= 0.6 is 11.6 Å². The molecular formula is C24H25ClN2. The maximum absolute atomic E-state index is 7.49. The molecule has 0 amide bonds. The lowest BCUT2D eigenvalue weighted by Crippen LogP contribution is -2.32. The minimum Gasteiger partial charge on any atom is -0.372 e. The summed E-state index contributed by atoms with van der Waals surface area (Å²) in [6.07, 6.45) is 0. The Hall–Kier alpha value is -2.45. The molecule has 3 aromatic carbocycles. The number of anilines is 3. The first kappa shape index (κ1) is 17.9. The van der Waals surface area contributed by atoms with Gasteiger partial charge in [-0.25, -0.2) is 0 Å². The summed E-state index contributed by atoms with van der Waals surface area (Å²) >= 11 is 7.49. The van der Waals surface area contributed by atoms with Gasteiger partial charge in [0.15, 0.2) is 0 Å². The highest BCUT2D eigenvalue weighted by Crippen LogP contribution is 2.54. The van der Waals surface area contributed by atoms with Crippen LogP contribution in [0, 0.1) is 0 Å². The third-order valence-corrected chi connectivity index (χ3v) is 6.29. The molecular weight excluding hydrogens is 352 g/mol. The van der Waals surface area contributed by atoms with Gasteiger partial charge in [0.05, 0.1) is 0 Å². The van der Waals surface area contributed by atoms with Crippen LogP contribution in [-0.4, -0.2) is 20.1 Å². The van der Waals surface area contributed by atoms with Crippen LogP contribution < -0.4 is 9.80 Å². The first-order valence-electron chi connectivity index (χ1n) is 9.58. The fraction of sp³-hybridized carbons (Fsp3) is 0.250. The minimum atomic E-state index is -0.693.